The van der Waals surface area contributed by atoms with E-state index in [4.69, 9.17) is 0 Å². The van der Waals surface area contributed by atoms with Crippen molar-refractivity contribution in [2.45, 2.75) is 39.7 Å². The number of Topliss-reactive ketones (excluding diaryl/α,β-unsaturated/α-hetero) is 1. The maximum Gasteiger partial charge on any atom is 0.270 e. The van der Waals surface area contributed by atoms with Gasteiger partial charge in [-0.2, -0.15) is 0 Å². The van der Waals surface area contributed by atoms with Crippen LogP contribution in [0.3, 0.4) is 0 Å². The molecule has 4 heteroatoms. The molecule has 1 amide bonds. The number of amides is 1. The normalized spacial score (nSPS) is 11.1. The van der Waals surface area contributed by atoms with Crippen LogP contribution in [0.1, 0.15) is 43.7 Å². The van der Waals surface area contributed by atoms with E-state index in [0.29, 0.717) is 11.3 Å². The number of ketones is 1. The Hall–Kier alpha value is -1.71. The van der Waals surface area contributed by atoms with E-state index >= 15 is 0 Å². The van der Waals surface area contributed by atoms with E-state index in [0.717, 1.165) is 0 Å². The molecule has 17 heavy (non-hydrogen) atoms. The predicted molar refractivity (Wildman–Crippen MR) is 65.8 cm³/mol. The predicted octanol–water partition coefficient (Wildman–Crippen LogP) is 1.74. The van der Waals surface area contributed by atoms with Crippen LogP contribution in [0.15, 0.2) is 18.3 Å². The Bertz CT molecular complexity index is 433. The van der Waals surface area contributed by atoms with Gasteiger partial charge in [0.1, 0.15) is 11.5 Å². The molecule has 0 bridgehead atoms. The first-order chi connectivity index (χ1) is 7.79. The highest BCUT2D eigenvalue weighted by atomic mass is 16.2. The van der Waals surface area contributed by atoms with Crippen LogP contribution >= 0.6 is 0 Å². The summed E-state index contributed by atoms with van der Waals surface area (Å²) in [5.74, 6) is -0.225. The molecule has 4 nitrogen and oxygen atoms in total. The van der Waals surface area contributed by atoms with Gasteiger partial charge in [-0.05, 0) is 39.3 Å². The van der Waals surface area contributed by atoms with Crippen LogP contribution < -0.4 is 5.32 Å². The van der Waals surface area contributed by atoms with Crippen molar-refractivity contribution in [2.75, 3.05) is 0 Å². The van der Waals surface area contributed by atoms with Gasteiger partial charge in [0, 0.05) is 18.2 Å². The molecule has 0 saturated carbocycles. The van der Waals surface area contributed by atoms with Gasteiger partial charge in [-0.15, -0.1) is 0 Å². The van der Waals surface area contributed by atoms with Crippen molar-refractivity contribution in [2.24, 2.45) is 0 Å². The second-order valence-electron chi connectivity index (χ2n) is 5.09. The highest BCUT2D eigenvalue weighted by Crippen LogP contribution is 2.09. The second kappa shape index (κ2) is 5.08. The fourth-order valence-corrected chi connectivity index (χ4v) is 1.45. The third-order valence-corrected chi connectivity index (χ3v) is 2.03. The summed E-state index contributed by atoms with van der Waals surface area (Å²) in [6.45, 7) is 7.20. The van der Waals surface area contributed by atoms with Crippen molar-refractivity contribution in [3.05, 3.63) is 29.6 Å². The summed E-state index contributed by atoms with van der Waals surface area (Å²) in [7, 11) is 0. The summed E-state index contributed by atoms with van der Waals surface area (Å²) in [6, 6.07) is 3.48. The number of hydrogen-bond acceptors (Lipinski definition) is 3. The lowest BCUT2D eigenvalue weighted by molar-refractivity contribution is -0.116. The van der Waals surface area contributed by atoms with Gasteiger partial charge >= 0.3 is 0 Å². The Balaban J connectivity index is 2.97. The molecule has 0 atom stereocenters. The lowest BCUT2D eigenvalue weighted by atomic mass is 10.1. The van der Waals surface area contributed by atoms with Gasteiger partial charge in [-0.3, -0.25) is 14.6 Å². The van der Waals surface area contributed by atoms with Gasteiger partial charge in [-0.1, -0.05) is 6.07 Å². The summed E-state index contributed by atoms with van der Waals surface area (Å²) in [6.07, 6.45) is 1.79. The fraction of sp³-hybridized carbons (Fsp3) is 0.462. The van der Waals surface area contributed by atoms with Crippen molar-refractivity contribution in [1.29, 1.82) is 0 Å². The molecule has 1 aromatic heterocycles. The molecule has 1 N–H and O–H groups in total. The first kappa shape index (κ1) is 13.4. The number of nitrogens with zero attached hydrogens (tertiary/aromatic N) is 1. The van der Waals surface area contributed by atoms with Gasteiger partial charge in [0.2, 0.25) is 0 Å². The van der Waals surface area contributed by atoms with Gasteiger partial charge in [0.15, 0.2) is 0 Å². The topological polar surface area (TPSA) is 59.1 Å². The van der Waals surface area contributed by atoms with E-state index in [9.17, 15) is 9.59 Å². The molecular weight excluding hydrogens is 216 g/mol. The minimum absolute atomic E-state index is 0.0165. The van der Waals surface area contributed by atoms with Gasteiger partial charge in [-0.25, -0.2) is 0 Å². The molecule has 0 aliphatic carbocycles. The van der Waals surface area contributed by atoms with Crippen molar-refractivity contribution in [3.63, 3.8) is 0 Å². The van der Waals surface area contributed by atoms with Gasteiger partial charge < -0.3 is 5.32 Å². The third kappa shape index (κ3) is 4.34. The smallest absolute Gasteiger partial charge is 0.270 e. The molecule has 0 fully saturated rings. The van der Waals surface area contributed by atoms with Gasteiger partial charge in [0.25, 0.3) is 5.91 Å². The molecule has 1 aromatic rings. The molecule has 0 aliphatic rings. The highest BCUT2D eigenvalue weighted by Gasteiger charge is 2.19. The minimum Gasteiger partial charge on any atom is -0.346 e. The zero-order valence-corrected chi connectivity index (χ0v) is 10.7. The highest BCUT2D eigenvalue weighted by molar-refractivity contribution is 5.95. The molecule has 1 heterocycles. The van der Waals surface area contributed by atoms with Crippen LogP contribution in [0.5, 0.6) is 0 Å². The summed E-state index contributed by atoms with van der Waals surface area (Å²) >= 11 is 0. The zero-order chi connectivity index (χ0) is 13.1. The molecule has 0 aromatic carbocycles. The quantitative estimate of drug-likeness (QED) is 0.866. The molecule has 0 aliphatic heterocycles. The maximum absolute atomic E-state index is 12.0. The number of carbonyl (C=O) groups is 2. The van der Waals surface area contributed by atoms with Crippen LogP contribution in [0, 0.1) is 0 Å². The van der Waals surface area contributed by atoms with Crippen LogP contribution in [-0.4, -0.2) is 22.2 Å². The monoisotopic (exact) mass is 234 g/mol. The average molecular weight is 234 g/mol. The standard InChI is InChI=1S/C13H18N2O2/c1-9(16)8-10-6-5-7-14-11(10)12(17)15-13(2,3)4/h5-7H,8H2,1-4H3,(H,15,17). The first-order valence-electron chi connectivity index (χ1n) is 5.55. The fourth-order valence-electron chi connectivity index (χ4n) is 1.45. The van der Waals surface area contributed by atoms with Crippen molar-refractivity contribution in [1.82, 2.24) is 10.3 Å². The van der Waals surface area contributed by atoms with Gasteiger partial charge in [0.05, 0.1) is 0 Å². The maximum atomic E-state index is 12.0. The lowest BCUT2D eigenvalue weighted by Gasteiger charge is -2.20. The van der Waals surface area contributed by atoms with E-state index in [2.05, 4.69) is 10.3 Å². The Labute approximate surface area is 101 Å². The van der Waals surface area contributed by atoms with E-state index in [1.807, 2.05) is 20.8 Å². The Morgan fingerprint density at radius 1 is 1.35 bits per heavy atom. The molecule has 0 saturated heterocycles. The Morgan fingerprint density at radius 2 is 2.00 bits per heavy atom. The molecule has 1 rings (SSSR count). The molecule has 0 radical (unpaired) electrons. The summed E-state index contributed by atoms with van der Waals surface area (Å²) < 4.78 is 0. The number of carbonyl (C=O) groups excluding carboxylic acids is 2. The number of aromatic nitrogens is 1. The average Bonchev–Trinajstić information content (AvgIpc) is 2.14. The Kier molecular flexibility index (Phi) is 3.99. The Morgan fingerprint density at radius 3 is 2.53 bits per heavy atom. The number of hydrogen-bond donors (Lipinski definition) is 1. The van der Waals surface area contributed by atoms with Crippen LogP contribution in [0.4, 0.5) is 0 Å². The van der Waals surface area contributed by atoms with Crippen LogP contribution in [0.2, 0.25) is 0 Å². The zero-order valence-electron chi connectivity index (χ0n) is 10.7. The summed E-state index contributed by atoms with van der Waals surface area (Å²) in [4.78, 5) is 27.1. The van der Waals surface area contributed by atoms with Crippen LogP contribution in [-0.2, 0) is 11.2 Å². The molecular formula is C13H18N2O2. The summed E-state index contributed by atoms with van der Waals surface area (Å²) in [5, 5.41) is 2.84. The molecule has 92 valence electrons. The van der Waals surface area contributed by atoms with E-state index in [-0.39, 0.29) is 23.7 Å². The third-order valence-electron chi connectivity index (χ3n) is 2.03. The summed E-state index contributed by atoms with van der Waals surface area (Å²) in [5.41, 5.74) is 0.682. The number of rotatable bonds is 3. The number of nitrogens with one attached hydrogen (secondary N) is 1. The molecule has 0 spiro atoms. The van der Waals surface area contributed by atoms with Crippen molar-refractivity contribution < 1.29 is 9.59 Å². The van der Waals surface area contributed by atoms with E-state index in [1.54, 1.807) is 18.3 Å². The minimum atomic E-state index is -0.317. The first-order valence-corrected chi connectivity index (χ1v) is 5.55. The van der Waals surface area contributed by atoms with Crippen molar-refractivity contribution >= 4 is 11.7 Å². The van der Waals surface area contributed by atoms with Crippen LogP contribution in [0.25, 0.3) is 0 Å². The lowest BCUT2D eigenvalue weighted by Crippen LogP contribution is -2.41. The largest absolute Gasteiger partial charge is 0.346 e. The second-order valence-corrected chi connectivity index (χ2v) is 5.09. The SMILES string of the molecule is CC(=O)Cc1cccnc1C(=O)NC(C)(C)C. The van der Waals surface area contributed by atoms with E-state index in [1.165, 1.54) is 6.92 Å². The van der Waals surface area contributed by atoms with E-state index < -0.39 is 0 Å². The van der Waals surface area contributed by atoms with Crippen molar-refractivity contribution in [3.8, 4) is 0 Å². The molecule has 0 unspecified atom stereocenters. The number of pyridine rings is 1.